The summed E-state index contributed by atoms with van der Waals surface area (Å²) in [5, 5.41) is 22.3. The summed E-state index contributed by atoms with van der Waals surface area (Å²) in [4.78, 5) is 3.68. The van der Waals surface area contributed by atoms with E-state index in [1.165, 1.54) is 116 Å². The fourth-order valence-corrected chi connectivity index (χ4v) is 7.82. The van der Waals surface area contributed by atoms with Gasteiger partial charge in [-0.15, -0.1) is 23.2 Å². The lowest BCUT2D eigenvalue weighted by atomic mass is 9.80. The molecule has 0 aromatic heterocycles. The molecule has 0 radical (unpaired) electrons. The summed E-state index contributed by atoms with van der Waals surface area (Å²) in [6.07, 6.45) is 18.8. The highest BCUT2D eigenvalue weighted by Crippen LogP contribution is 2.66. The number of hydrogen-bond acceptors (Lipinski definition) is 2. The molecule has 0 aliphatic rings. The van der Waals surface area contributed by atoms with Crippen LogP contribution in [0.3, 0.4) is 0 Å². The van der Waals surface area contributed by atoms with Gasteiger partial charge in [-0.2, -0.15) is 0 Å². The van der Waals surface area contributed by atoms with Crippen LogP contribution in [-0.4, -0.2) is 68.0 Å². The zero-order valence-electron chi connectivity index (χ0n) is 31.2. The molecule has 0 saturated heterocycles. The number of hydrogen-bond donors (Lipinski definition) is 2. The molecule has 0 fully saturated rings. The third kappa shape index (κ3) is 21.6. The number of quaternary nitrogens is 2. The second-order valence-corrected chi connectivity index (χ2v) is 19.8. The van der Waals surface area contributed by atoms with E-state index in [1.54, 1.807) is 0 Å². The van der Waals surface area contributed by atoms with Gasteiger partial charge in [0.05, 0.1) is 43.5 Å². The first-order valence-corrected chi connectivity index (χ1v) is 22.4. The van der Waals surface area contributed by atoms with E-state index in [4.69, 9.17) is 116 Å². The maximum absolute atomic E-state index is 11.2. The van der Waals surface area contributed by atoms with Crippen LogP contribution in [0.5, 0.6) is 0 Å². The van der Waals surface area contributed by atoms with Gasteiger partial charge in [-0.1, -0.05) is 206 Å². The van der Waals surface area contributed by atoms with Crippen molar-refractivity contribution in [2.75, 3.05) is 39.3 Å². The van der Waals surface area contributed by atoms with Crippen molar-refractivity contribution in [3.63, 3.8) is 0 Å². The summed E-state index contributed by atoms with van der Waals surface area (Å²) in [7, 11) is -2.93. The van der Waals surface area contributed by atoms with Gasteiger partial charge in [0.25, 0.3) is 0 Å². The van der Waals surface area contributed by atoms with E-state index in [1.807, 2.05) is 16.7 Å². The number of nitrogens with one attached hydrogen (secondary N) is 2. The number of rotatable bonds is 27. The molecule has 2 N–H and O–H groups in total. The van der Waals surface area contributed by atoms with Crippen LogP contribution in [0.4, 0.5) is 0 Å². The lowest BCUT2D eigenvalue weighted by Gasteiger charge is -2.54. The average molecular weight is 901 g/mol. The normalized spacial score (nSPS) is 12.9. The lowest BCUT2D eigenvalue weighted by molar-refractivity contribution is -0.900. The van der Waals surface area contributed by atoms with Gasteiger partial charge in [0, 0.05) is 0 Å². The fraction of sp³-hybridized carbons (Fsp3) is 1.00. The zero-order valence-corrected chi connectivity index (χ0v) is 38.8. The summed E-state index contributed by atoms with van der Waals surface area (Å²) in [5.74, 6) is 0. The Bertz CT molecular complexity index is 704. The summed E-state index contributed by atoms with van der Waals surface area (Å²) in [6, 6.07) is 0. The molecule has 0 rings (SSSR count). The van der Waals surface area contributed by atoms with E-state index in [9.17, 15) is 10.0 Å². The Morgan fingerprint density at radius 3 is 0.878 bits per heavy atom. The van der Waals surface area contributed by atoms with Crippen LogP contribution in [0.25, 0.3) is 0 Å². The average Bonchev–Trinajstić information content (AvgIpc) is 3.04. The third-order valence-electron chi connectivity index (χ3n) is 8.36. The minimum Gasteiger partial charge on any atom is -0.891 e. The second kappa shape index (κ2) is 31.0. The predicted octanol–water partition coefficient (Wildman–Crippen LogP) is 9.73. The molecule has 298 valence electrons. The quantitative estimate of drug-likeness (QED) is 0.0491. The van der Waals surface area contributed by atoms with E-state index >= 15 is 0 Å². The highest BCUT2D eigenvalue weighted by Gasteiger charge is 2.72. The molecule has 0 spiro atoms. The maximum Gasteiger partial charge on any atom is 0.188 e. The van der Waals surface area contributed by atoms with Crippen molar-refractivity contribution in [1.29, 1.82) is 0 Å². The molecule has 15 heteroatoms. The Kier molecular flexibility index (Phi) is 35.5. The van der Waals surface area contributed by atoms with Crippen molar-refractivity contribution >= 4 is 123 Å². The molecular formula is C34H67BCl10N2O2. The van der Waals surface area contributed by atoms with E-state index in [-0.39, 0.29) is 6.42 Å². The predicted molar refractivity (Wildman–Crippen MR) is 223 cm³/mol. The zero-order chi connectivity index (χ0) is 38.8. The Hall–Kier alpha value is 2.80. The van der Waals surface area contributed by atoms with Gasteiger partial charge in [-0.3, -0.25) is 0 Å². The van der Waals surface area contributed by atoms with Gasteiger partial charge >= 0.3 is 0 Å². The van der Waals surface area contributed by atoms with Gasteiger partial charge < -0.3 is 19.8 Å². The molecule has 0 aromatic rings. The van der Waals surface area contributed by atoms with Crippen LogP contribution in [-0.2, 0) is 0 Å². The maximum atomic E-state index is 11.2. The summed E-state index contributed by atoms with van der Waals surface area (Å²) in [5.41, 5.74) is 0. The van der Waals surface area contributed by atoms with Gasteiger partial charge in [-0.25, -0.2) is 0 Å². The van der Waals surface area contributed by atoms with E-state index in [2.05, 4.69) is 41.5 Å². The monoisotopic (exact) mass is 896 g/mol. The van der Waals surface area contributed by atoms with Gasteiger partial charge in [-0.05, 0) is 44.9 Å². The van der Waals surface area contributed by atoms with Crippen LogP contribution >= 0.6 is 116 Å². The van der Waals surface area contributed by atoms with Crippen molar-refractivity contribution in [3.8, 4) is 0 Å². The molecule has 4 nitrogen and oxygen atoms in total. The molecular weight excluding hydrogens is 834 g/mol. The summed E-state index contributed by atoms with van der Waals surface area (Å²) < 4.78 is -12.7. The van der Waals surface area contributed by atoms with Gasteiger partial charge in [0.15, 0.2) is 17.3 Å². The Morgan fingerprint density at radius 2 is 0.653 bits per heavy atom. The highest BCUT2D eigenvalue weighted by molar-refractivity contribution is 6.84. The number of halogens is 10. The molecule has 0 amide bonds. The Morgan fingerprint density at radius 1 is 0.388 bits per heavy atom. The lowest BCUT2D eigenvalue weighted by Crippen LogP contribution is -3.12. The molecule has 0 aromatic carbocycles. The van der Waals surface area contributed by atoms with Gasteiger partial charge in [0.1, 0.15) is 0 Å². The van der Waals surface area contributed by atoms with Crippen molar-refractivity contribution in [3.05, 3.63) is 0 Å². The van der Waals surface area contributed by atoms with Crippen molar-refractivity contribution in [2.45, 2.75) is 173 Å². The summed E-state index contributed by atoms with van der Waals surface area (Å²) in [6.45, 7) is 24.1. The molecule has 49 heavy (non-hydrogen) atoms. The SMILES string of the molecule is CCCCCC(Cl)(Cl)C(Cl)(Cl)C(Cl)(Cl)C(Cl)(Cl)C(Cl)(Cl)B([O-])[O-].CCCC[NH+](CCCC)CCCC.CCCC[NH+](CCCC)CCCC. The smallest absolute Gasteiger partial charge is 0.188 e. The van der Waals surface area contributed by atoms with E-state index in [0.29, 0.717) is 6.42 Å². The first-order chi connectivity index (χ1) is 22.7. The molecule has 0 atom stereocenters. The number of unbranched alkanes of at least 4 members (excludes halogenated alkanes) is 8. The van der Waals surface area contributed by atoms with Crippen molar-refractivity contribution < 1.29 is 19.8 Å². The second-order valence-electron chi connectivity index (χ2n) is 13.0. The van der Waals surface area contributed by atoms with Crippen LogP contribution < -0.4 is 19.8 Å². The number of alkyl halides is 10. The molecule has 0 unspecified atom stereocenters. The van der Waals surface area contributed by atoms with Crippen molar-refractivity contribution in [1.82, 2.24) is 0 Å². The largest absolute Gasteiger partial charge is 0.891 e. The minimum absolute atomic E-state index is 0.0672. The molecule has 0 aliphatic heterocycles. The van der Waals surface area contributed by atoms with Crippen molar-refractivity contribution in [2.24, 2.45) is 0 Å². The highest BCUT2D eigenvalue weighted by atomic mass is 35.6. The molecule has 0 saturated carbocycles. The first-order valence-electron chi connectivity index (χ1n) is 18.6. The topological polar surface area (TPSA) is 55.0 Å². The van der Waals surface area contributed by atoms with Crippen LogP contribution in [0.1, 0.15) is 151 Å². The van der Waals surface area contributed by atoms with Gasteiger partial charge in [0.2, 0.25) is 0 Å². The molecule has 0 bridgehead atoms. The fourth-order valence-electron chi connectivity index (χ4n) is 4.85. The van der Waals surface area contributed by atoms with E-state index < -0.39 is 28.7 Å². The van der Waals surface area contributed by atoms with Crippen LogP contribution in [0.15, 0.2) is 0 Å². The summed E-state index contributed by atoms with van der Waals surface area (Å²) >= 11 is 59.8. The molecule has 0 aliphatic carbocycles. The van der Waals surface area contributed by atoms with Crippen LogP contribution in [0.2, 0.25) is 0 Å². The first kappa shape index (κ1) is 56.1. The molecule has 0 heterocycles. The Labute approximate surface area is 352 Å². The van der Waals surface area contributed by atoms with E-state index in [0.717, 1.165) is 12.8 Å². The third-order valence-corrected chi connectivity index (χ3v) is 15.3. The van der Waals surface area contributed by atoms with Crippen LogP contribution in [0, 0.1) is 0 Å². The minimum atomic E-state index is -2.93. The Balaban J connectivity index is -0.000000696. The standard InChI is InChI=1S/2C12H27N.C10H11BCl10O2/c2*1-4-7-10-13(11-8-5-2)12-9-6-3;1-2-3-4-5-6(12,13)7(14,15)8(16,17)9(18,19)10(20,21)11(22)23/h2*4-12H2,1-3H3;2-5H2,1H3/q;;-2/p+2.